The first kappa shape index (κ1) is 15.5. The lowest BCUT2D eigenvalue weighted by molar-refractivity contribution is 0.112. The molecular formula is C20H14O4S. The number of hydrogen-bond donors (Lipinski definition) is 2. The Hall–Kier alpha value is -3.05. The Labute approximate surface area is 147 Å². The lowest BCUT2D eigenvalue weighted by atomic mass is 10.0. The molecule has 0 aliphatic carbocycles. The average molecular weight is 350 g/mol. The van der Waals surface area contributed by atoms with Gasteiger partial charge in [-0.3, -0.25) is 4.79 Å². The number of aldehydes is 1. The molecule has 0 radical (unpaired) electrons. The first-order chi connectivity index (χ1) is 12.1. The van der Waals surface area contributed by atoms with E-state index in [1.807, 2.05) is 12.3 Å². The van der Waals surface area contributed by atoms with Gasteiger partial charge in [0.25, 0.3) is 0 Å². The maximum atomic E-state index is 11.4. The topological polar surface area (TPSA) is 70.7 Å². The van der Waals surface area contributed by atoms with Crippen LogP contribution in [0.3, 0.4) is 0 Å². The third kappa shape index (κ3) is 2.49. The molecule has 4 aromatic rings. The number of hydrogen-bond acceptors (Lipinski definition) is 5. The summed E-state index contributed by atoms with van der Waals surface area (Å²) in [6.45, 7) is 1.87. The summed E-state index contributed by atoms with van der Waals surface area (Å²) in [6, 6.07) is 11.8. The highest BCUT2D eigenvalue weighted by Crippen LogP contribution is 2.45. The Balaban J connectivity index is 2.11. The zero-order chi connectivity index (χ0) is 17.6. The van der Waals surface area contributed by atoms with E-state index in [-0.39, 0.29) is 11.5 Å². The van der Waals surface area contributed by atoms with Crippen LogP contribution in [0.15, 0.2) is 52.3 Å². The lowest BCUT2D eigenvalue weighted by Gasteiger charge is -2.03. The van der Waals surface area contributed by atoms with Crippen molar-refractivity contribution in [2.45, 2.75) is 6.92 Å². The first-order valence-corrected chi connectivity index (χ1v) is 8.55. The van der Waals surface area contributed by atoms with Crippen molar-refractivity contribution in [1.82, 2.24) is 0 Å². The number of carbonyl (C=O) groups excluding carboxylic acids is 1. The van der Waals surface area contributed by atoms with Gasteiger partial charge in [0, 0.05) is 27.0 Å². The van der Waals surface area contributed by atoms with Crippen LogP contribution in [0.5, 0.6) is 11.5 Å². The molecule has 0 fully saturated rings. The molecule has 4 nitrogen and oxygen atoms in total. The molecule has 0 saturated carbocycles. The van der Waals surface area contributed by atoms with E-state index in [0.29, 0.717) is 16.9 Å². The summed E-state index contributed by atoms with van der Waals surface area (Å²) in [4.78, 5) is 12.2. The van der Waals surface area contributed by atoms with Crippen LogP contribution in [0.4, 0.5) is 0 Å². The first-order valence-electron chi connectivity index (χ1n) is 7.67. The maximum absolute atomic E-state index is 11.4. The Morgan fingerprint density at radius 1 is 1.04 bits per heavy atom. The van der Waals surface area contributed by atoms with Crippen LogP contribution in [-0.2, 0) is 0 Å². The zero-order valence-electron chi connectivity index (χ0n) is 13.3. The van der Waals surface area contributed by atoms with Crippen molar-refractivity contribution in [2.75, 3.05) is 0 Å². The highest BCUT2D eigenvalue weighted by Gasteiger charge is 2.22. The van der Waals surface area contributed by atoms with Crippen molar-refractivity contribution in [3.05, 3.63) is 59.0 Å². The van der Waals surface area contributed by atoms with Crippen molar-refractivity contribution < 1.29 is 19.4 Å². The summed E-state index contributed by atoms with van der Waals surface area (Å²) in [7, 11) is 0. The molecule has 2 aromatic heterocycles. The van der Waals surface area contributed by atoms with E-state index in [9.17, 15) is 15.0 Å². The SMILES string of the molecule is Cc1cc(O)cc2c(-c3sccc3C=O)c(-c3ccc(O)cc3)oc12. The van der Waals surface area contributed by atoms with Crippen molar-refractivity contribution >= 4 is 28.6 Å². The largest absolute Gasteiger partial charge is 0.508 e. The number of fused-ring (bicyclic) bond motifs is 1. The molecule has 5 heteroatoms. The lowest BCUT2D eigenvalue weighted by Crippen LogP contribution is -1.83. The second kappa shape index (κ2) is 5.79. The van der Waals surface area contributed by atoms with E-state index in [4.69, 9.17) is 4.42 Å². The van der Waals surface area contributed by atoms with Crippen LogP contribution in [0, 0.1) is 6.92 Å². The molecule has 0 aliphatic rings. The second-order valence-electron chi connectivity index (χ2n) is 5.82. The van der Waals surface area contributed by atoms with Crippen molar-refractivity contribution in [1.29, 1.82) is 0 Å². The number of rotatable bonds is 3. The summed E-state index contributed by atoms with van der Waals surface area (Å²) in [5.41, 5.74) is 3.62. The smallest absolute Gasteiger partial charge is 0.151 e. The monoisotopic (exact) mass is 350 g/mol. The number of carbonyl (C=O) groups is 1. The molecule has 0 bridgehead atoms. The molecule has 25 heavy (non-hydrogen) atoms. The fourth-order valence-electron chi connectivity index (χ4n) is 3.01. The van der Waals surface area contributed by atoms with E-state index in [1.165, 1.54) is 11.3 Å². The van der Waals surface area contributed by atoms with Crippen LogP contribution in [0.1, 0.15) is 15.9 Å². The van der Waals surface area contributed by atoms with Gasteiger partial charge in [0.2, 0.25) is 0 Å². The van der Waals surface area contributed by atoms with Gasteiger partial charge < -0.3 is 14.6 Å². The molecule has 124 valence electrons. The predicted molar refractivity (Wildman–Crippen MR) is 98.4 cm³/mol. The maximum Gasteiger partial charge on any atom is 0.151 e. The summed E-state index contributed by atoms with van der Waals surface area (Å²) in [5.74, 6) is 0.919. The predicted octanol–water partition coefficient (Wildman–Crippen LogP) is 5.36. The van der Waals surface area contributed by atoms with Crippen LogP contribution in [0.25, 0.3) is 32.7 Å². The van der Waals surface area contributed by atoms with Gasteiger partial charge in [0.05, 0.1) is 0 Å². The molecule has 0 amide bonds. The zero-order valence-corrected chi connectivity index (χ0v) is 14.1. The standard InChI is InChI=1S/C20H14O4S/c1-11-8-15(23)9-16-17(20-13(10-21)6-7-25-20)19(24-18(11)16)12-2-4-14(22)5-3-12/h2-10,22-23H,1H3. The molecule has 0 spiro atoms. The summed E-state index contributed by atoms with van der Waals surface area (Å²) in [5, 5.41) is 22.2. The van der Waals surface area contributed by atoms with E-state index >= 15 is 0 Å². The Kier molecular flexibility index (Phi) is 3.58. The molecule has 0 unspecified atom stereocenters. The van der Waals surface area contributed by atoms with Crippen molar-refractivity contribution in [3.63, 3.8) is 0 Å². The molecule has 2 N–H and O–H groups in total. The molecule has 2 heterocycles. The van der Waals surface area contributed by atoms with Gasteiger partial charge in [0.15, 0.2) is 6.29 Å². The van der Waals surface area contributed by atoms with Gasteiger partial charge in [-0.1, -0.05) is 0 Å². The Bertz CT molecular complexity index is 1090. The number of aromatic hydroxyl groups is 2. The van der Waals surface area contributed by atoms with Gasteiger partial charge in [0.1, 0.15) is 22.8 Å². The fourth-order valence-corrected chi connectivity index (χ4v) is 3.93. The molecule has 0 saturated heterocycles. The van der Waals surface area contributed by atoms with Gasteiger partial charge in [-0.2, -0.15) is 0 Å². The molecule has 0 aliphatic heterocycles. The van der Waals surface area contributed by atoms with Crippen LogP contribution in [0.2, 0.25) is 0 Å². The van der Waals surface area contributed by atoms with E-state index in [2.05, 4.69) is 0 Å². The van der Waals surface area contributed by atoms with Crippen molar-refractivity contribution in [2.24, 2.45) is 0 Å². The van der Waals surface area contributed by atoms with Gasteiger partial charge >= 0.3 is 0 Å². The normalized spacial score (nSPS) is 11.1. The third-order valence-electron chi connectivity index (χ3n) is 4.14. The highest BCUT2D eigenvalue weighted by atomic mass is 32.1. The van der Waals surface area contributed by atoms with Gasteiger partial charge in [-0.05, 0) is 60.3 Å². The molecule has 2 aromatic carbocycles. The number of aryl methyl sites for hydroxylation is 1. The van der Waals surface area contributed by atoms with E-state index in [1.54, 1.807) is 42.5 Å². The van der Waals surface area contributed by atoms with Crippen LogP contribution in [-0.4, -0.2) is 16.5 Å². The minimum Gasteiger partial charge on any atom is -0.508 e. The number of benzene rings is 2. The van der Waals surface area contributed by atoms with Gasteiger partial charge in [-0.25, -0.2) is 0 Å². The average Bonchev–Trinajstić information content (AvgIpc) is 3.19. The van der Waals surface area contributed by atoms with Crippen LogP contribution >= 0.6 is 11.3 Å². The highest BCUT2D eigenvalue weighted by molar-refractivity contribution is 7.14. The third-order valence-corrected chi connectivity index (χ3v) is 5.09. The summed E-state index contributed by atoms with van der Waals surface area (Å²) < 4.78 is 6.13. The van der Waals surface area contributed by atoms with Gasteiger partial charge in [-0.15, -0.1) is 11.3 Å². The number of furan rings is 1. The molecular weight excluding hydrogens is 336 g/mol. The minimum absolute atomic E-state index is 0.147. The van der Waals surface area contributed by atoms with Crippen LogP contribution < -0.4 is 0 Å². The Morgan fingerprint density at radius 2 is 1.80 bits per heavy atom. The fraction of sp³-hybridized carbons (Fsp3) is 0.0500. The molecule has 0 atom stereocenters. The summed E-state index contributed by atoms with van der Waals surface area (Å²) >= 11 is 1.45. The number of phenolic OH excluding ortho intramolecular Hbond substituents is 2. The Morgan fingerprint density at radius 3 is 2.52 bits per heavy atom. The van der Waals surface area contributed by atoms with E-state index in [0.717, 1.165) is 33.2 Å². The molecule has 4 rings (SSSR count). The number of thiophene rings is 1. The minimum atomic E-state index is 0.147. The summed E-state index contributed by atoms with van der Waals surface area (Å²) in [6.07, 6.45) is 0.820. The quantitative estimate of drug-likeness (QED) is 0.488. The van der Waals surface area contributed by atoms with E-state index < -0.39 is 0 Å². The number of phenols is 2. The van der Waals surface area contributed by atoms with Crippen molar-refractivity contribution in [3.8, 4) is 33.3 Å². The second-order valence-corrected chi connectivity index (χ2v) is 6.73.